The standard InChI is InChI=1S/C46H36N2O/c1-31-15-12-25-41-44(31)48-40-24-14-23-39(43(40)46(2,3)37-21-13-26-42(49-41)45(37)48)47(35-29-27-33(28-30-35)32-16-6-4-7-17-32)38-22-11-10-20-36(38)34-18-8-5-9-19-34/h4-30H,1-3H3. The summed E-state index contributed by atoms with van der Waals surface area (Å²) in [7, 11) is 0. The van der Waals surface area contributed by atoms with Crippen LogP contribution in [0.5, 0.6) is 11.5 Å². The van der Waals surface area contributed by atoms with E-state index in [1.54, 1.807) is 0 Å². The van der Waals surface area contributed by atoms with Crippen molar-refractivity contribution in [2.45, 2.75) is 26.2 Å². The first-order valence-electron chi connectivity index (χ1n) is 17.0. The first-order valence-corrected chi connectivity index (χ1v) is 17.0. The van der Waals surface area contributed by atoms with Crippen molar-refractivity contribution >= 4 is 34.1 Å². The molecular weight excluding hydrogens is 597 g/mol. The van der Waals surface area contributed by atoms with Gasteiger partial charge in [0.2, 0.25) is 0 Å². The zero-order chi connectivity index (χ0) is 33.1. The van der Waals surface area contributed by atoms with Gasteiger partial charge in [0.1, 0.15) is 0 Å². The smallest absolute Gasteiger partial charge is 0.151 e. The molecule has 3 heteroatoms. The summed E-state index contributed by atoms with van der Waals surface area (Å²) >= 11 is 0. The van der Waals surface area contributed by atoms with Crippen LogP contribution >= 0.6 is 0 Å². The normalized spacial score (nSPS) is 13.5. The van der Waals surface area contributed by atoms with Crippen LogP contribution in [-0.4, -0.2) is 0 Å². The summed E-state index contributed by atoms with van der Waals surface area (Å²) in [5.41, 5.74) is 14.9. The van der Waals surface area contributed by atoms with Crippen LogP contribution in [0.3, 0.4) is 0 Å². The van der Waals surface area contributed by atoms with Crippen molar-refractivity contribution in [2.24, 2.45) is 0 Å². The Balaban J connectivity index is 1.32. The number of para-hydroxylation sites is 3. The minimum Gasteiger partial charge on any atom is -0.453 e. The predicted molar refractivity (Wildman–Crippen MR) is 204 cm³/mol. The maximum absolute atomic E-state index is 6.59. The van der Waals surface area contributed by atoms with Gasteiger partial charge in [0, 0.05) is 22.2 Å². The molecule has 0 saturated carbocycles. The Morgan fingerprint density at radius 3 is 1.86 bits per heavy atom. The summed E-state index contributed by atoms with van der Waals surface area (Å²) in [6.45, 7) is 6.89. The highest BCUT2D eigenvalue weighted by atomic mass is 16.5. The van der Waals surface area contributed by atoms with Gasteiger partial charge in [-0.25, -0.2) is 0 Å². The topological polar surface area (TPSA) is 15.7 Å². The second-order valence-electron chi connectivity index (χ2n) is 13.4. The third kappa shape index (κ3) is 4.57. The van der Waals surface area contributed by atoms with Gasteiger partial charge in [0.05, 0.1) is 28.4 Å². The van der Waals surface area contributed by atoms with Crippen molar-refractivity contribution in [3.05, 3.63) is 180 Å². The Hall–Kier alpha value is -6.06. The SMILES string of the molecule is Cc1cccc2c1N1c3cccc(N(c4ccc(-c5ccccc5)cc4)c4ccccc4-c4ccccc4)c3C(C)(C)c3cccc(c31)O2. The van der Waals surface area contributed by atoms with Crippen LogP contribution < -0.4 is 14.5 Å². The molecule has 7 aromatic carbocycles. The minimum absolute atomic E-state index is 0.346. The largest absolute Gasteiger partial charge is 0.453 e. The molecule has 3 nitrogen and oxygen atoms in total. The van der Waals surface area contributed by atoms with Gasteiger partial charge in [-0.05, 0) is 77.2 Å². The summed E-state index contributed by atoms with van der Waals surface area (Å²) in [5, 5.41) is 0. The molecule has 0 fully saturated rings. The Morgan fingerprint density at radius 1 is 0.510 bits per heavy atom. The molecule has 2 aliphatic rings. The summed E-state index contributed by atoms with van der Waals surface area (Å²) in [5.74, 6) is 1.77. The predicted octanol–water partition coefficient (Wildman–Crippen LogP) is 13.0. The molecule has 236 valence electrons. The van der Waals surface area contributed by atoms with E-state index in [9.17, 15) is 0 Å². The van der Waals surface area contributed by atoms with E-state index < -0.39 is 0 Å². The molecular formula is C46H36N2O. The molecule has 0 spiro atoms. The minimum atomic E-state index is -0.346. The number of ether oxygens (including phenoxy) is 1. The van der Waals surface area contributed by atoms with Crippen LogP contribution in [-0.2, 0) is 5.41 Å². The number of hydrogen-bond acceptors (Lipinski definition) is 3. The van der Waals surface area contributed by atoms with Crippen molar-refractivity contribution in [1.29, 1.82) is 0 Å². The molecule has 49 heavy (non-hydrogen) atoms. The second-order valence-corrected chi connectivity index (χ2v) is 13.4. The summed E-state index contributed by atoms with van der Waals surface area (Å²) in [4.78, 5) is 4.91. The Morgan fingerprint density at radius 2 is 1.10 bits per heavy atom. The van der Waals surface area contributed by atoms with E-state index in [1.165, 1.54) is 44.6 Å². The highest BCUT2D eigenvalue weighted by molar-refractivity contribution is 5.98. The lowest BCUT2D eigenvalue weighted by molar-refractivity contribution is 0.471. The van der Waals surface area contributed by atoms with Crippen LogP contribution in [0, 0.1) is 6.92 Å². The zero-order valence-corrected chi connectivity index (χ0v) is 27.9. The third-order valence-corrected chi connectivity index (χ3v) is 10.1. The average molecular weight is 633 g/mol. The molecule has 0 radical (unpaired) electrons. The molecule has 0 bridgehead atoms. The first kappa shape index (κ1) is 29.1. The van der Waals surface area contributed by atoms with Gasteiger partial charge in [0.25, 0.3) is 0 Å². The third-order valence-electron chi connectivity index (χ3n) is 10.1. The van der Waals surface area contributed by atoms with Crippen LogP contribution in [0.15, 0.2) is 164 Å². The highest BCUT2D eigenvalue weighted by Gasteiger charge is 2.44. The number of nitrogens with zero attached hydrogens (tertiary/aromatic N) is 2. The van der Waals surface area contributed by atoms with Crippen molar-refractivity contribution in [2.75, 3.05) is 9.80 Å². The number of rotatable bonds is 5. The number of hydrogen-bond donors (Lipinski definition) is 0. The van der Waals surface area contributed by atoms with Crippen LogP contribution in [0.25, 0.3) is 22.3 Å². The number of benzene rings is 7. The van der Waals surface area contributed by atoms with Gasteiger partial charge >= 0.3 is 0 Å². The fourth-order valence-corrected chi connectivity index (χ4v) is 7.86. The lowest BCUT2D eigenvalue weighted by Gasteiger charge is -2.47. The van der Waals surface area contributed by atoms with E-state index in [-0.39, 0.29) is 5.41 Å². The molecule has 7 aromatic rings. The van der Waals surface area contributed by atoms with Crippen LogP contribution in [0.1, 0.15) is 30.5 Å². The second kappa shape index (κ2) is 11.3. The summed E-state index contributed by atoms with van der Waals surface area (Å²) in [6.07, 6.45) is 0. The van der Waals surface area contributed by atoms with E-state index in [0.29, 0.717) is 0 Å². The summed E-state index contributed by atoms with van der Waals surface area (Å²) in [6, 6.07) is 58.7. The monoisotopic (exact) mass is 632 g/mol. The fraction of sp³-hybridized carbons (Fsp3) is 0.0870. The van der Waals surface area contributed by atoms with Gasteiger partial charge in [-0.3, -0.25) is 0 Å². The van der Waals surface area contributed by atoms with E-state index in [2.05, 4.69) is 194 Å². The molecule has 0 N–H and O–H groups in total. The average Bonchev–Trinajstić information content (AvgIpc) is 3.15. The Bertz CT molecular complexity index is 2340. The number of fused-ring (bicyclic) bond motifs is 4. The van der Waals surface area contributed by atoms with E-state index >= 15 is 0 Å². The van der Waals surface area contributed by atoms with Gasteiger partial charge in [-0.1, -0.05) is 135 Å². The molecule has 9 rings (SSSR count). The van der Waals surface area contributed by atoms with E-state index in [1.807, 2.05) is 0 Å². The van der Waals surface area contributed by atoms with Crippen LogP contribution in [0.2, 0.25) is 0 Å². The van der Waals surface area contributed by atoms with Crippen molar-refractivity contribution in [3.63, 3.8) is 0 Å². The van der Waals surface area contributed by atoms with Gasteiger partial charge in [0.15, 0.2) is 11.5 Å². The molecule has 0 saturated heterocycles. The zero-order valence-electron chi connectivity index (χ0n) is 27.9. The highest BCUT2D eigenvalue weighted by Crippen LogP contribution is 2.62. The van der Waals surface area contributed by atoms with Crippen molar-refractivity contribution in [1.82, 2.24) is 0 Å². The van der Waals surface area contributed by atoms with E-state index in [4.69, 9.17) is 4.74 Å². The van der Waals surface area contributed by atoms with Crippen molar-refractivity contribution in [3.8, 4) is 33.8 Å². The van der Waals surface area contributed by atoms with Gasteiger partial charge < -0.3 is 14.5 Å². The number of aryl methyl sites for hydroxylation is 1. The molecule has 0 aliphatic carbocycles. The summed E-state index contributed by atoms with van der Waals surface area (Å²) < 4.78 is 6.59. The van der Waals surface area contributed by atoms with Crippen molar-refractivity contribution < 1.29 is 4.74 Å². The molecule has 0 atom stereocenters. The van der Waals surface area contributed by atoms with Crippen LogP contribution in [0.4, 0.5) is 34.1 Å². The first-order chi connectivity index (χ1) is 24.0. The molecule has 0 unspecified atom stereocenters. The fourth-order valence-electron chi connectivity index (χ4n) is 7.86. The maximum Gasteiger partial charge on any atom is 0.151 e. The molecule has 2 heterocycles. The number of anilines is 6. The molecule has 0 amide bonds. The Kier molecular flexibility index (Phi) is 6.70. The van der Waals surface area contributed by atoms with E-state index in [0.717, 1.165) is 39.9 Å². The maximum atomic E-state index is 6.59. The lowest BCUT2D eigenvalue weighted by atomic mass is 9.72. The Labute approximate surface area is 288 Å². The lowest BCUT2D eigenvalue weighted by Crippen LogP contribution is -2.34. The quantitative estimate of drug-likeness (QED) is 0.188. The van der Waals surface area contributed by atoms with Gasteiger partial charge in [-0.15, -0.1) is 0 Å². The molecule has 2 aliphatic heterocycles. The van der Waals surface area contributed by atoms with Gasteiger partial charge in [-0.2, -0.15) is 0 Å². The molecule has 0 aromatic heterocycles.